The molecule has 0 radical (unpaired) electrons. The Morgan fingerprint density at radius 2 is 1.86 bits per heavy atom. The molecule has 2 aromatic carbocycles. The molecule has 0 saturated carbocycles. The maximum atomic E-state index is 11.7. The van der Waals surface area contributed by atoms with Gasteiger partial charge in [0.1, 0.15) is 5.75 Å². The number of ether oxygens (including phenoxy) is 1. The summed E-state index contributed by atoms with van der Waals surface area (Å²) in [6, 6.07) is 12.4. The molecule has 0 spiro atoms. The predicted octanol–water partition coefficient (Wildman–Crippen LogP) is 4.11. The number of aryl methyl sites for hydroxylation is 1. The minimum Gasteiger partial charge on any atom is -0.473 e. The SMILES string of the molecule is Cc1cccc(OCNC(=O)Nc2ccc(Cl)cc2)c1C. The highest BCUT2D eigenvalue weighted by atomic mass is 35.5. The van der Waals surface area contributed by atoms with Crippen LogP contribution in [0.2, 0.25) is 5.02 Å². The van der Waals surface area contributed by atoms with E-state index in [1.807, 2.05) is 32.0 Å². The molecule has 0 heterocycles. The smallest absolute Gasteiger partial charge is 0.321 e. The minimum atomic E-state index is -0.331. The molecular weight excluding hydrogens is 288 g/mol. The quantitative estimate of drug-likeness (QED) is 0.835. The minimum absolute atomic E-state index is 0.101. The van der Waals surface area contributed by atoms with Crippen molar-refractivity contribution < 1.29 is 9.53 Å². The summed E-state index contributed by atoms with van der Waals surface area (Å²) in [4.78, 5) is 11.7. The summed E-state index contributed by atoms with van der Waals surface area (Å²) in [5, 5.41) is 5.95. The van der Waals surface area contributed by atoms with Crippen LogP contribution in [0, 0.1) is 13.8 Å². The summed E-state index contributed by atoms with van der Waals surface area (Å²) in [6.07, 6.45) is 0. The fourth-order valence-electron chi connectivity index (χ4n) is 1.77. The second kappa shape index (κ2) is 6.99. The van der Waals surface area contributed by atoms with Crippen molar-refractivity contribution in [3.63, 3.8) is 0 Å². The lowest BCUT2D eigenvalue weighted by molar-refractivity contribution is 0.234. The number of halogens is 1. The molecule has 0 fully saturated rings. The highest BCUT2D eigenvalue weighted by molar-refractivity contribution is 6.30. The van der Waals surface area contributed by atoms with Gasteiger partial charge in [0.2, 0.25) is 0 Å². The highest BCUT2D eigenvalue weighted by Crippen LogP contribution is 2.20. The summed E-state index contributed by atoms with van der Waals surface area (Å²) in [6.45, 7) is 4.10. The summed E-state index contributed by atoms with van der Waals surface area (Å²) < 4.78 is 5.55. The number of rotatable bonds is 4. The van der Waals surface area contributed by atoms with Crippen LogP contribution in [0.5, 0.6) is 5.75 Å². The zero-order valence-corrected chi connectivity index (χ0v) is 12.7. The van der Waals surface area contributed by atoms with Gasteiger partial charge < -0.3 is 15.4 Å². The molecule has 0 aromatic heterocycles. The van der Waals surface area contributed by atoms with E-state index in [-0.39, 0.29) is 12.8 Å². The van der Waals surface area contributed by atoms with E-state index >= 15 is 0 Å². The van der Waals surface area contributed by atoms with Crippen molar-refractivity contribution in [3.8, 4) is 5.75 Å². The predicted molar refractivity (Wildman–Crippen MR) is 85.0 cm³/mol. The molecule has 0 bridgehead atoms. The van der Waals surface area contributed by atoms with Crippen LogP contribution in [0.3, 0.4) is 0 Å². The summed E-state index contributed by atoms with van der Waals surface area (Å²) in [5.74, 6) is 0.766. The third-order valence-corrected chi connectivity index (χ3v) is 3.37. The standard InChI is InChI=1S/C16H17ClN2O2/c1-11-4-3-5-15(12(11)2)21-10-18-16(20)19-14-8-6-13(17)7-9-14/h3-9H,10H2,1-2H3,(H2,18,19,20). The molecule has 110 valence electrons. The Balaban J connectivity index is 1.81. The molecule has 0 aliphatic carbocycles. The average molecular weight is 305 g/mol. The van der Waals surface area contributed by atoms with Crippen LogP contribution >= 0.6 is 11.6 Å². The Morgan fingerprint density at radius 3 is 2.57 bits per heavy atom. The average Bonchev–Trinajstić information content (AvgIpc) is 2.46. The number of hydrogen-bond donors (Lipinski definition) is 2. The first-order valence-electron chi connectivity index (χ1n) is 6.55. The summed E-state index contributed by atoms with van der Waals surface area (Å²) >= 11 is 5.78. The first-order chi connectivity index (χ1) is 10.1. The summed E-state index contributed by atoms with van der Waals surface area (Å²) in [7, 11) is 0. The van der Waals surface area contributed by atoms with E-state index < -0.39 is 0 Å². The number of urea groups is 1. The van der Waals surface area contributed by atoms with Crippen LogP contribution in [-0.2, 0) is 0 Å². The first-order valence-corrected chi connectivity index (χ1v) is 6.93. The monoisotopic (exact) mass is 304 g/mol. The molecule has 0 aliphatic heterocycles. The molecule has 2 amide bonds. The largest absolute Gasteiger partial charge is 0.473 e. The maximum absolute atomic E-state index is 11.7. The molecular formula is C16H17ClN2O2. The van der Waals surface area contributed by atoms with E-state index in [2.05, 4.69) is 10.6 Å². The molecule has 0 unspecified atom stereocenters. The van der Waals surface area contributed by atoms with Crippen molar-refractivity contribution in [1.29, 1.82) is 0 Å². The highest BCUT2D eigenvalue weighted by Gasteiger charge is 2.04. The summed E-state index contributed by atoms with van der Waals surface area (Å²) in [5.41, 5.74) is 2.89. The fraction of sp³-hybridized carbons (Fsp3) is 0.188. The molecule has 5 heteroatoms. The Hall–Kier alpha value is -2.20. The van der Waals surface area contributed by atoms with Crippen LogP contribution in [0.15, 0.2) is 42.5 Å². The van der Waals surface area contributed by atoms with E-state index in [0.29, 0.717) is 10.7 Å². The number of nitrogens with one attached hydrogen (secondary N) is 2. The number of benzene rings is 2. The zero-order chi connectivity index (χ0) is 15.2. The van der Waals surface area contributed by atoms with Gasteiger partial charge in [0.05, 0.1) is 0 Å². The number of carbonyl (C=O) groups is 1. The lowest BCUT2D eigenvalue weighted by Crippen LogP contribution is -2.32. The number of hydrogen-bond acceptors (Lipinski definition) is 2. The van der Waals surface area contributed by atoms with Gasteiger partial charge >= 0.3 is 6.03 Å². The maximum Gasteiger partial charge on any atom is 0.321 e. The van der Waals surface area contributed by atoms with Crippen LogP contribution < -0.4 is 15.4 Å². The molecule has 4 nitrogen and oxygen atoms in total. The second-order valence-corrected chi connectivity index (χ2v) is 5.06. The second-order valence-electron chi connectivity index (χ2n) is 4.62. The molecule has 2 rings (SSSR count). The van der Waals surface area contributed by atoms with E-state index in [9.17, 15) is 4.79 Å². The first kappa shape index (κ1) is 15.2. The molecule has 0 aliphatic rings. The molecule has 2 N–H and O–H groups in total. The molecule has 0 atom stereocenters. The van der Waals surface area contributed by atoms with Crippen LogP contribution in [-0.4, -0.2) is 12.8 Å². The topological polar surface area (TPSA) is 50.4 Å². The third kappa shape index (κ3) is 4.39. The van der Waals surface area contributed by atoms with Crippen LogP contribution in [0.25, 0.3) is 0 Å². The van der Waals surface area contributed by atoms with Crippen LogP contribution in [0.1, 0.15) is 11.1 Å². The zero-order valence-electron chi connectivity index (χ0n) is 11.9. The van der Waals surface area contributed by atoms with E-state index in [4.69, 9.17) is 16.3 Å². The van der Waals surface area contributed by atoms with Gasteiger partial charge in [-0.15, -0.1) is 0 Å². The van der Waals surface area contributed by atoms with Gasteiger partial charge in [-0.05, 0) is 55.3 Å². The van der Waals surface area contributed by atoms with Crippen molar-refractivity contribution in [2.24, 2.45) is 0 Å². The van der Waals surface area contributed by atoms with E-state index in [1.165, 1.54) is 0 Å². The Morgan fingerprint density at radius 1 is 1.14 bits per heavy atom. The van der Waals surface area contributed by atoms with Gasteiger partial charge in [-0.25, -0.2) is 4.79 Å². The third-order valence-electron chi connectivity index (χ3n) is 3.12. The van der Waals surface area contributed by atoms with Gasteiger partial charge in [0.15, 0.2) is 6.73 Å². The van der Waals surface area contributed by atoms with Gasteiger partial charge in [0.25, 0.3) is 0 Å². The molecule has 0 saturated heterocycles. The normalized spacial score (nSPS) is 10.0. The number of carbonyl (C=O) groups excluding carboxylic acids is 1. The molecule has 2 aromatic rings. The van der Waals surface area contributed by atoms with E-state index in [0.717, 1.165) is 16.9 Å². The van der Waals surface area contributed by atoms with Gasteiger partial charge in [-0.1, -0.05) is 23.7 Å². The number of anilines is 1. The van der Waals surface area contributed by atoms with Crippen molar-refractivity contribution in [2.75, 3.05) is 12.0 Å². The van der Waals surface area contributed by atoms with Gasteiger partial charge in [-0.3, -0.25) is 0 Å². The Kier molecular flexibility index (Phi) is 5.06. The fourth-order valence-corrected chi connectivity index (χ4v) is 1.89. The van der Waals surface area contributed by atoms with Gasteiger partial charge in [0, 0.05) is 10.7 Å². The van der Waals surface area contributed by atoms with Crippen molar-refractivity contribution in [1.82, 2.24) is 5.32 Å². The number of amides is 2. The van der Waals surface area contributed by atoms with Crippen molar-refractivity contribution >= 4 is 23.3 Å². The lowest BCUT2D eigenvalue weighted by Gasteiger charge is -2.12. The lowest BCUT2D eigenvalue weighted by atomic mass is 10.1. The Bertz CT molecular complexity index is 627. The van der Waals surface area contributed by atoms with Gasteiger partial charge in [-0.2, -0.15) is 0 Å². The Labute approximate surface area is 129 Å². The van der Waals surface area contributed by atoms with Crippen LogP contribution in [0.4, 0.5) is 10.5 Å². The molecule has 21 heavy (non-hydrogen) atoms. The van der Waals surface area contributed by atoms with Crippen molar-refractivity contribution in [2.45, 2.75) is 13.8 Å². The van der Waals surface area contributed by atoms with E-state index in [1.54, 1.807) is 24.3 Å². The van der Waals surface area contributed by atoms with Crippen molar-refractivity contribution in [3.05, 3.63) is 58.6 Å².